The smallest absolute Gasteiger partial charge is 0.238 e. The van der Waals surface area contributed by atoms with Crippen molar-refractivity contribution in [1.29, 1.82) is 0 Å². The van der Waals surface area contributed by atoms with Gasteiger partial charge >= 0.3 is 0 Å². The van der Waals surface area contributed by atoms with Gasteiger partial charge in [0.1, 0.15) is 0 Å². The maximum absolute atomic E-state index is 12.0. The molecule has 1 fully saturated rings. The van der Waals surface area contributed by atoms with Gasteiger partial charge in [-0.3, -0.25) is 9.69 Å². The van der Waals surface area contributed by atoms with Crippen LogP contribution in [0.1, 0.15) is 0 Å². The summed E-state index contributed by atoms with van der Waals surface area (Å²) in [4.78, 5) is 13.7. The lowest BCUT2D eigenvalue weighted by atomic mass is 10.3. The Bertz CT molecular complexity index is 652. The topological polar surface area (TPSA) is 102 Å². The van der Waals surface area contributed by atoms with Crippen LogP contribution < -0.4 is 10.5 Å². The van der Waals surface area contributed by atoms with Crippen LogP contribution in [0.2, 0.25) is 10.0 Å². The minimum absolute atomic E-state index is 0.00634. The number of hydrogen-bond donors (Lipinski definition) is 2. The van der Waals surface area contributed by atoms with Gasteiger partial charge in [-0.2, -0.15) is 0 Å². The zero-order chi connectivity index (χ0) is 16.3. The van der Waals surface area contributed by atoms with Crippen molar-refractivity contribution in [3.63, 3.8) is 0 Å². The summed E-state index contributed by atoms with van der Waals surface area (Å²) in [5.41, 5.74) is 0.161. The number of nitrogens with two attached hydrogens (primary N) is 1. The molecule has 1 aliphatic rings. The summed E-state index contributed by atoms with van der Waals surface area (Å²) in [5, 5.41) is 7.61. The molecule has 0 aliphatic carbocycles. The number of amides is 1. The van der Waals surface area contributed by atoms with E-state index in [0.717, 1.165) is 12.1 Å². The van der Waals surface area contributed by atoms with Crippen molar-refractivity contribution in [1.82, 2.24) is 4.90 Å². The fourth-order valence-corrected chi connectivity index (χ4v) is 3.25. The molecule has 0 unspecified atom stereocenters. The summed E-state index contributed by atoms with van der Waals surface area (Å²) in [6.45, 7) is 2.67. The maximum atomic E-state index is 12.0. The van der Waals surface area contributed by atoms with E-state index in [0.29, 0.717) is 26.3 Å². The zero-order valence-corrected chi connectivity index (χ0v) is 13.8. The molecule has 1 saturated heterocycles. The minimum atomic E-state index is -3.92. The molecule has 7 nitrogen and oxygen atoms in total. The molecule has 122 valence electrons. The molecule has 1 heterocycles. The number of benzene rings is 1. The van der Waals surface area contributed by atoms with Crippen molar-refractivity contribution >= 4 is 44.8 Å². The molecule has 1 aromatic rings. The molecule has 2 rings (SSSR count). The van der Waals surface area contributed by atoms with Crippen LogP contribution in [0, 0.1) is 0 Å². The quantitative estimate of drug-likeness (QED) is 0.823. The van der Waals surface area contributed by atoms with Crippen LogP contribution in [-0.2, 0) is 19.6 Å². The molecule has 3 N–H and O–H groups in total. The summed E-state index contributed by atoms with van der Waals surface area (Å²) in [5.74, 6) is -0.297. The van der Waals surface area contributed by atoms with E-state index in [-0.39, 0.29) is 33.1 Å². The second-order valence-electron chi connectivity index (χ2n) is 4.74. The number of ether oxygens (including phenoxy) is 1. The lowest BCUT2D eigenvalue weighted by Gasteiger charge is -2.26. The van der Waals surface area contributed by atoms with Crippen LogP contribution in [0.15, 0.2) is 17.0 Å². The monoisotopic (exact) mass is 367 g/mol. The van der Waals surface area contributed by atoms with E-state index in [1.54, 1.807) is 0 Å². The Hall–Kier alpha value is -0.900. The van der Waals surface area contributed by atoms with Gasteiger partial charge < -0.3 is 10.1 Å². The summed E-state index contributed by atoms with van der Waals surface area (Å²) in [6, 6.07) is 2.29. The Morgan fingerprint density at radius 3 is 2.32 bits per heavy atom. The molecule has 0 atom stereocenters. The average molecular weight is 368 g/mol. The van der Waals surface area contributed by atoms with Crippen molar-refractivity contribution in [2.45, 2.75) is 4.90 Å². The van der Waals surface area contributed by atoms with Crippen molar-refractivity contribution in [2.24, 2.45) is 5.14 Å². The van der Waals surface area contributed by atoms with Gasteiger partial charge in [-0.15, -0.1) is 0 Å². The number of rotatable bonds is 4. The van der Waals surface area contributed by atoms with Crippen molar-refractivity contribution < 1.29 is 17.9 Å². The molecule has 0 radical (unpaired) electrons. The first-order valence-corrected chi connectivity index (χ1v) is 8.69. The van der Waals surface area contributed by atoms with Gasteiger partial charge in [0.15, 0.2) is 0 Å². The van der Waals surface area contributed by atoms with E-state index >= 15 is 0 Å². The molecule has 0 spiro atoms. The predicted molar refractivity (Wildman–Crippen MR) is 83.7 cm³/mol. The molecular formula is C12H15Cl2N3O4S. The van der Waals surface area contributed by atoms with Gasteiger partial charge in [-0.05, 0) is 12.1 Å². The number of carbonyl (C=O) groups is 1. The summed E-state index contributed by atoms with van der Waals surface area (Å²) in [6.07, 6.45) is 0. The van der Waals surface area contributed by atoms with E-state index in [2.05, 4.69) is 5.32 Å². The van der Waals surface area contributed by atoms with Crippen LogP contribution in [0.25, 0.3) is 0 Å². The first-order valence-electron chi connectivity index (χ1n) is 6.39. The molecule has 10 heteroatoms. The third-order valence-electron chi connectivity index (χ3n) is 3.08. The molecule has 0 aromatic heterocycles. The van der Waals surface area contributed by atoms with Gasteiger partial charge in [-0.1, -0.05) is 23.2 Å². The summed E-state index contributed by atoms with van der Waals surface area (Å²) in [7, 11) is -3.92. The lowest BCUT2D eigenvalue weighted by Crippen LogP contribution is -2.41. The van der Waals surface area contributed by atoms with Gasteiger partial charge in [0.25, 0.3) is 0 Å². The molecule has 1 aliphatic heterocycles. The molecule has 1 amide bonds. The van der Waals surface area contributed by atoms with E-state index < -0.39 is 10.0 Å². The third-order valence-corrected chi connectivity index (χ3v) is 4.57. The van der Waals surface area contributed by atoms with E-state index in [1.165, 1.54) is 0 Å². The van der Waals surface area contributed by atoms with E-state index in [4.69, 9.17) is 33.1 Å². The predicted octanol–water partition coefficient (Wildman–Crippen LogP) is 0.912. The highest BCUT2D eigenvalue weighted by atomic mass is 35.5. The van der Waals surface area contributed by atoms with E-state index in [9.17, 15) is 13.2 Å². The highest BCUT2D eigenvalue weighted by molar-refractivity contribution is 7.89. The van der Waals surface area contributed by atoms with Gasteiger partial charge in [-0.25, -0.2) is 13.6 Å². The second kappa shape index (κ2) is 7.12. The standard InChI is InChI=1S/C12H15Cl2N3O4S/c13-9-5-8(22(15,19)20)6-10(14)12(9)16-11(18)7-17-1-3-21-4-2-17/h5-6H,1-4,7H2,(H,16,18)(H2,15,19,20). The molecule has 1 aromatic carbocycles. The van der Waals surface area contributed by atoms with Crippen molar-refractivity contribution in [3.05, 3.63) is 22.2 Å². The normalized spacial score (nSPS) is 16.5. The van der Waals surface area contributed by atoms with Crippen LogP contribution in [0.3, 0.4) is 0 Å². The number of morpholine rings is 1. The zero-order valence-electron chi connectivity index (χ0n) is 11.5. The number of primary sulfonamides is 1. The number of anilines is 1. The fourth-order valence-electron chi connectivity index (χ4n) is 1.97. The Morgan fingerprint density at radius 1 is 1.27 bits per heavy atom. The summed E-state index contributed by atoms with van der Waals surface area (Å²) < 4.78 is 27.8. The number of hydrogen-bond acceptors (Lipinski definition) is 5. The lowest BCUT2D eigenvalue weighted by molar-refractivity contribution is -0.118. The van der Waals surface area contributed by atoms with Crippen LogP contribution >= 0.6 is 23.2 Å². The molecular weight excluding hydrogens is 353 g/mol. The average Bonchev–Trinajstić information content (AvgIpc) is 2.42. The SMILES string of the molecule is NS(=O)(=O)c1cc(Cl)c(NC(=O)CN2CCOCC2)c(Cl)c1. The van der Waals surface area contributed by atoms with Crippen LogP contribution in [-0.4, -0.2) is 52.1 Å². The fraction of sp³-hybridized carbons (Fsp3) is 0.417. The molecule has 0 saturated carbocycles. The molecule has 0 bridgehead atoms. The van der Waals surface area contributed by atoms with Crippen LogP contribution in [0.4, 0.5) is 5.69 Å². The largest absolute Gasteiger partial charge is 0.379 e. The number of sulfonamides is 1. The number of nitrogens with zero attached hydrogens (tertiary/aromatic N) is 1. The number of nitrogens with one attached hydrogen (secondary N) is 1. The second-order valence-corrected chi connectivity index (χ2v) is 7.12. The van der Waals surface area contributed by atoms with Crippen molar-refractivity contribution in [3.8, 4) is 0 Å². The van der Waals surface area contributed by atoms with E-state index in [1.807, 2.05) is 4.90 Å². The Kier molecular flexibility index (Phi) is 5.65. The first kappa shape index (κ1) is 17.5. The first-order chi connectivity index (χ1) is 10.3. The Morgan fingerprint density at radius 2 is 1.82 bits per heavy atom. The van der Waals surface area contributed by atoms with Gasteiger partial charge in [0, 0.05) is 13.1 Å². The van der Waals surface area contributed by atoms with Crippen molar-refractivity contribution in [2.75, 3.05) is 38.2 Å². The highest BCUT2D eigenvalue weighted by Crippen LogP contribution is 2.33. The number of carbonyl (C=O) groups excluding carboxylic acids is 1. The molecule has 22 heavy (non-hydrogen) atoms. The third kappa shape index (κ3) is 4.55. The maximum Gasteiger partial charge on any atom is 0.238 e. The van der Waals surface area contributed by atoms with Gasteiger partial charge in [0.05, 0.1) is 40.4 Å². The van der Waals surface area contributed by atoms with Gasteiger partial charge in [0.2, 0.25) is 15.9 Å². The van der Waals surface area contributed by atoms with Crippen LogP contribution in [0.5, 0.6) is 0 Å². The Labute approximate surface area is 138 Å². The minimum Gasteiger partial charge on any atom is -0.379 e. The summed E-state index contributed by atoms with van der Waals surface area (Å²) >= 11 is 11.9. The Balaban J connectivity index is 2.10. The number of halogens is 2. The highest BCUT2D eigenvalue weighted by Gasteiger charge is 2.18.